The van der Waals surface area contributed by atoms with Crippen LogP contribution in [0.4, 0.5) is 18.9 Å². The number of hydrogen-bond acceptors (Lipinski definition) is 5. The molecule has 0 fully saturated rings. The second-order valence-corrected chi connectivity index (χ2v) is 7.96. The molecule has 0 radical (unpaired) electrons. The third-order valence-electron chi connectivity index (χ3n) is 4.02. The largest absolute Gasteiger partial charge is 0.419 e. The van der Waals surface area contributed by atoms with Crippen molar-refractivity contribution in [3.05, 3.63) is 38.9 Å². The quantitative estimate of drug-likeness (QED) is 0.505. The van der Waals surface area contributed by atoms with E-state index in [2.05, 4.69) is 0 Å². The Morgan fingerprint density at radius 1 is 1.24 bits per heavy atom. The summed E-state index contributed by atoms with van der Waals surface area (Å²) in [6.45, 7) is 3.86. The molecule has 1 aromatic heterocycles. The number of halogens is 3. The van der Waals surface area contributed by atoms with E-state index in [1.165, 1.54) is 16.7 Å². The summed E-state index contributed by atoms with van der Waals surface area (Å²) in [4.78, 5) is 35.3. The lowest BCUT2D eigenvalue weighted by molar-refractivity contribution is -0.384. The summed E-state index contributed by atoms with van der Waals surface area (Å²) in [7, 11) is 0. The van der Waals surface area contributed by atoms with Crippen molar-refractivity contribution in [2.24, 2.45) is 5.41 Å². The van der Waals surface area contributed by atoms with Crippen molar-refractivity contribution in [3.63, 3.8) is 0 Å². The fraction of sp³-hybridized carbons (Fsp3) is 0.556. The molecule has 0 N–H and O–H groups in total. The van der Waals surface area contributed by atoms with Crippen LogP contribution in [0.25, 0.3) is 11.1 Å². The Morgan fingerprint density at radius 2 is 1.90 bits per heavy atom. The molecular formula is C18H22F3N3O5. The highest BCUT2D eigenvalue weighted by Gasteiger charge is 2.34. The van der Waals surface area contributed by atoms with E-state index < -0.39 is 34.7 Å². The molecule has 2 aromatic rings. The van der Waals surface area contributed by atoms with Crippen molar-refractivity contribution in [2.75, 3.05) is 13.1 Å². The first-order chi connectivity index (χ1) is 13.3. The number of nitro benzene ring substituents is 1. The molecule has 1 amide bonds. The average molecular weight is 417 g/mol. The van der Waals surface area contributed by atoms with Crippen LogP contribution in [-0.2, 0) is 11.3 Å². The van der Waals surface area contributed by atoms with Gasteiger partial charge in [-0.1, -0.05) is 20.8 Å². The van der Waals surface area contributed by atoms with Gasteiger partial charge in [-0.05, 0) is 17.9 Å². The van der Waals surface area contributed by atoms with Gasteiger partial charge in [0.25, 0.3) is 5.69 Å². The Labute approximate surface area is 164 Å². The van der Waals surface area contributed by atoms with Gasteiger partial charge in [0.15, 0.2) is 5.58 Å². The lowest BCUT2D eigenvalue weighted by Crippen LogP contribution is -2.43. The van der Waals surface area contributed by atoms with Crippen molar-refractivity contribution < 1.29 is 27.3 Å². The molecule has 1 heterocycles. The maximum Gasteiger partial charge on any atom is 0.419 e. The fourth-order valence-corrected chi connectivity index (χ4v) is 2.95. The molecule has 0 atom stereocenters. The normalized spacial score (nSPS) is 12.3. The number of alkyl halides is 3. The number of hydrogen-bond donors (Lipinski definition) is 0. The number of nitro groups is 1. The lowest BCUT2D eigenvalue weighted by Gasteiger charge is -2.30. The molecule has 1 aromatic carbocycles. The van der Waals surface area contributed by atoms with E-state index in [1.807, 2.05) is 0 Å². The molecule has 0 spiro atoms. The molecule has 11 heteroatoms. The molecule has 0 unspecified atom stereocenters. The summed E-state index contributed by atoms with van der Waals surface area (Å²) in [5.74, 6) is -1.41. The molecule has 0 bridgehead atoms. The zero-order chi connectivity index (χ0) is 22.0. The monoisotopic (exact) mass is 417 g/mol. The minimum atomic E-state index is -4.51. The number of non-ortho nitro benzene ring substituents is 1. The minimum Gasteiger partial charge on any atom is -0.407 e. The first kappa shape index (κ1) is 22.4. The topological polar surface area (TPSA) is 98.6 Å². The third kappa shape index (κ3) is 6.33. The first-order valence-corrected chi connectivity index (χ1v) is 8.89. The molecular weight excluding hydrogens is 395 g/mol. The molecule has 160 valence electrons. The van der Waals surface area contributed by atoms with Crippen LogP contribution in [0, 0.1) is 15.5 Å². The van der Waals surface area contributed by atoms with Crippen molar-refractivity contribution in [3.8, 4) is 0 Å². The van der Waals surface area contributed by atoms with E-state index in [-0.39, 0.29) is 37.2 Å². The predicted octanol–water partition coefficient (Wildman–Crippen LogP) is 3.72. The van der Waals surface area contributed by atoms with Gasteiger partial charge in [0, 0.05) is 25.6 Å². The van der Waals surface area contributed by atoms with Crippen molar-refractivity contribution >= 4 is 22.7 Å². The Balaban J connectivity index is 2.09. The summed E-state index contributed by atoms with van der Waals surface area (Å²) in [6.07, 6.45) is -4.57. The zero-order valence-corrected chi connectivity index (χ0v) is 16.3. The van der Waals surface area contributed by atoms with E-state index in [4.69, 9.17) is 4.42 Å². The van der Waals surface area contributed by atoms with E-state index in [9.17, 15) is 32.9 Å². The van der Waals surface area contributed by atoms with Crippen LogP contribution < -0.4 is 5.76 Å². The van der Waals surface area contributed by atoms with Gasteiger partial charge in [0.05, 0.1) is 16.5 Å². The van der Waals surface area contributed by atoms with E-state index in [0.717, 1.165) is 11.0 Å². The van der Waals surface area contributed by atoms with E-state index in [1.54, 1.807) is 20.8 Å². The fourth-order valence-electron chi connectivity index (χ4n) is 2.95. The van der Waals surface area contributed by atoms with E-state index in [0.29, 0.717) is 5.52 Å². The number of carbonyl (C=O) groups is 1. The number of amides is 1. The number of benzene rings is 1. The number of oxazole rings is 1. The van der Waals surface area contributed by atoms with Crippen molar-refractivity contribution in [1.29, 1.82) is 0 Å². The number of rotatable bonds is 7. The SMILES string of the molecule is CC(C)(C)CN(CC(F)(F)F)C(=O)CCCn1c(=O)oc2cc([N+](=O)[O-])ccc21. The first-order valence-electron chi connectivity index (χ1n) is 8.89. The van der Waals surface area contributed by atoms with Gasteiger partial charge < -0.3 is 9.32 Å². The van der Waals surface area contributed by atoms with Gasteiger partial charge in [-0.15, -0.1) is 0 Å². The Kier molecular flexibility index (Phi) is 6.39. The summed E-state index contributed by atoms with van der Waals surface area (Å²) < 4.78 is 44.6. The smallest absolute Gasteiger partial charge is 0.407 e. The predicted molar refractivity (Wildman–Crippen MR) is 98.5 cm³/mol. The second kappa shape index (κ2) is 8.26. The number of aryl methyl sites for hydroxylation is 1. The number of fused-ring (bicyclic) bond motifs is 1. The molecule has 0 saturated heterocycles. The minimum absolute atomic E-state index is 0.0296. The Hall–Kier alpha value is -2.85. The number of nitrogens with zero attached hydrogens (tertiary/aromatic N) is 3. The standard InChI is InChI=1S/C18H22F3N3O5/c1-17(2,3)10-22(11-18(19,20)21)15(25)5-4-8-23-13-7-6-12(24(27)28)9-14(13)29-16(23)26/h6-7,9H,4-5,8,10-11H2,1-3H3. The van der Waals surface area contributed by atoms with Crippen LogP contribution in [0.2, 0.25) is 0 Å². The number of carbonyl (C=O) groups excluding carboxylic acids is 1. The summed E-state index contributed by atoms with van der Waals surface area (Å²) in [5.41, 5.74) is -0.400. The van der Waals surface area contributed by atoms with Gasteiger partial charge in [-0.25, -0.2) is 4.79 Å². The Morgan fingerprint density at radius 3 is 2.45 bits per heavy atom. The van der Waals surface area contributed by atoms with Crippen LogP contribution in [0.3, 0.4) is 0 Å². The van der Waals surface area contributed by atoms with Crippen LogP contribution in [0.15, 0.2) is 27.4 Å². The van der Waals surface area contributed by atoms with Crippen LogP contribution >= 0.6 is 0 Å². The summed E-state index contributed by atoms with van der Waals surface area (Å²) in [6, 6.07) is 3.69. The highest BCUT2D eigenvalue weighted by atomic mass is 19.4. The summed E-state index contributed by atoms with van der Waals surface area (Å²) >= 11 is 0. The Bertz CT molecular complexity index is 940. The van der Waals surface area contributed by atoms with Gasteiger partial charge in [0.2, 0.25) is 5.91 Å². The van der Waals surface area contributed by atoms with Gasteiger partial charge >= 0.3 is 11.9 Å². The molecule has 2 rings (SSSR count). The molecule has 0 aliphatic rings. The maximum absolute atomic E-state index is 12.8. The second-order valence-electron chi connectivity index (χ2n) is 7.96. The van der Waals surface area contributed by atoms with Crippen LogP contribution in [0.5, 0.6) is 0 Å². The molecule has 29 heavy (non-hydrogen) atoms. The highest BCUT2D eigenvalue weighted by Crippen LogP contribution is 2.23. The molecule has 0 aliphatic carbocycles. The zero-order valence-electron chi connectivity index (χ0n) is 16.3. The van der Waals surface area contributed by atoms with Crippen LogP contribution in [0.1, 0.15) is 33.6 Å². The molecule has 0 aliphatic heterocycles. The maximum atomic E-state index is 12.8. The van der Waals surface area contributed by atoms with E-state index >= 15 is 0 Å². The highest BCUT2D eigenvalue weighted by molar-refractivity contribution is 5.77. The van der Waals surface area contributed by atoms with Crippen molar-refractivity contribution in [1.82, 2.24) is 9.47 Å². The number of aromatic nitrogens is 1. The van der Waals surface area contributed by atoms with Gasteiger partial charge in [-0.3, -0.25) is 19.5 Å². The van der Waals surface area contributed by atoms with Crippen molar-refractivity contribution in [2.45, 2.75) is 46.3 Å². The third-order valence-corrected chi connectivity index (χ3v) is 4.02. The summed E-state index contributed by atoms with van der Waals surface area (Å²) in [5, 5.41) is 10.8. The average Bonchev–Trinajstić information content (AvgIpc) is 2.86. The lowest BCUT2D eigenvalue weighted by atomic mass is 9.96. The van der Waals surface area contributed by atoms with Gasteiger partial charge in [0.1, 0.15) is 6.54 Å². The van der Waals surface area contributed by atoms with Gasteiger partial charge in [-0.2, -0.15) is 13.2 Å². The molecule has 0 saturated carbocycles. The van der Waals surface area contributed by atoms with Crippen LogP contribution in [-0.4, -0.2) is 39.6 Å². The molecule has 8 nitrogen and oxygen atoms in total.